The van der Waals surface area contributed by atoms with Gasteiger partial charge in [0.05, 0.1) is 6.61 Å². The summed E-state index contributed by atoms with van der Waals surface area (Å²) in [7, 11) is 0. The van der Waals surface area contributed by atoms with Crippen LogP contribution in [0.2, 0.25) is 0 Å². The molecule has 3 rings (SSSR count). The average molecular weight is 367 g/mol. The smallest absolute Gasteiger partial charge is 0.330 e. The number of carbonyl (C=O) groups excluding carboxylic acids is 1. The minimum absolute atomic E-state index is 0.136. The van der Waals surface area contributed by atoms with Crippen LogP contribution in [-0.2, 0) is 16.1 Å². The van der Waals surface area contributed by atoms with Crippen LogP contribution in [0.25, 0.3) is 0 Å². The fraction of sp³-hybridized carbons (Fsp3) is 0.435. The van der Waals surface area contributed by atoms with Crippen molar-refractivity contribution in [2.75, 3.05) is 31.1 Å². The number of ether oxygens (including phenoxy) is 1. The molecule has 1 unspecified atom stereocenters. The molecule has 1 heterocycles. The van der Waals surface area contributed by atoms with Crippen molar-refractivity contribution in [2.45, 2.75) is 39.3 Å². The first-order valence-corrected chi connectivity index (χ1v) is 9.88. The lowest BCUT2D eigenvalue weighted by Crippen LogP contribution is -2.56. The zero-order chi connectivity index (χ0) is 19.2. The third-order valence-electron chi connectivity index (χ3n) is 5.16. The van der Waals surface area contributed by atoms with Gasteiger partial charge in [-0.2, -0.15) is 0 Å². The molecule has 0 spiro atoms. The normalized spacial score (nSPS) is 17.9. The van der Waals surface area contributed by atoms with E-state index in [1.807, 2.05) is 13.0 Å². The molecule has 0 aromatic heterocycles. The molecule has 0 amide bonds. The molecule has 4 nitrogen and oxygen atoms in total. The minimum Gasteiger partial charge on any atom is -0.464 e. The molecule has 27 heavy (non-hydrogen) atoms. The zero-order valence-corrected chi connectivity index (χ0v) is 16.6. The van der Waals surface area contributed by atoms with E-state index in [4.69, 9.17) is 4.74 Å². The Balaban J connectivity index is 1.76. The van der Waals surface area contributed by atoms with E-state index < -0.39 is 0 Å². The van der Waals surface area contributed by atoms with Gasteiger partial charge in [-0.15, -0.1) is 0 Å². The maximum Gasteiger partial charge on any atom is 0.330 e. The number of benzene rings is 2. The first-order valence-electron chi connectivity index (χ1n) is 9.88. The number of rotatable bonds is 6. The maximum atomic E-state index is 12.7. The van der Waals surface area contributed by atoms with Crippen LogP contribution in [0.3, 0.4) is 0 Å². The summed E-state index contributed by atoms with van der Waals surface area (Å²) in [5, 5.41) is 0. The molecule has 2 aromatic rings. The molecule has 0 radical (unpaired) electrons. The quantitative estimate of drug-likeness (QED) is 0.722. The summed E-state index contributed by atoms with van der Waals surface area (Å²) >= 11 is 0. The van der Waals surface area contributed by atoms with Crippen LogP contribution in [0.4, 0.5) is 5.69 Å². The van der Waals surface area contributed by atoms with E-state index in [1.54, 1.807) is 0 Å². The van der Waals surface area contributed by atoms with Crippen LogP contribution in [0.15, 0.2) is 54.6 Å². The summed E-state index contributed by atoms with van der Waals surface area (Å²) < 4.78 is 5.39. The van der Waals surface area contributed by atoms with Crippen LogP contribution in [0.1, 0.15) is 37.8 Å². The van der Waals surface area contributed by atoms with Gasteiger partial charge in [0.25, 0.3) is 0 Å². The molecule has 0 bridgehead atoms. The summed E-state index contributed by atoms with van der Waals surface area (Å²) in [5.41, 5.74) is 3.68. The van der Waals surface area contributed by atoms with E-state index in [0.29, 0.717) is 19.1 Å². The van der Waals surface area contributed by atoms with Crippen molar-refractivity contribution in [3.05, 3.63) is 65.7 Å². The second kappa shape index (κ2) is 9.05. The third-order valence-corrected chi connectivity index (χ3v) is 5.16. The second-order valence-electron chi connectivity index (χ2n) is 7.43. The molecule has 1 saturated heterocycles. The molecule has 144 valence electrons. The maximum absolute atomic E-state index is 12.7. The van der Waals surface area contributed by atoms with Gasteiger partial charge in [-0.3, -0.25) is 4.90 Å². The van der Waals surface area contributed by atoms with Gasteiger partial charge in [0, 0.05) is 31.9 Å². The summed E-state index contributed by atoms with van der Waals surface area (Å²) in [6.07, 6.45) is 0. The fourth-order valence-electron chi connectivity index (χ4n) is 3.62. The number of piperazine rings is 1. The predicted octanol–water partition coefficient (Wildman–Crippen LogP) is 4.06. The van der Waals surface area contributed by atoms with Gasteiger partial charge in [-0.1, -0.05) is 56.3 Å². The van der Waals surface area contributed by atoms with Gasteiger partial charge in [-0.05, 0) is 36.1 Å². The molecule has 0 saturated carbocycles. The molecule has 1 aliphatic heterocycles. The van der Waals surface area contributed by atoms with E-state index >= 15 is 0 Å². The lowest BCUT2D eigenvalue weighted by atomic mass is 10.0. The number of carbonyl (C=O) groups is 1. The van der Waals surface area contributed by atoms with Gasteiger partial charge in [0.15, 0.2) is 0 Å². The Morgan fingerprint density at radius 1 is 1.07 bits per heavy atom. The van der Waals surface area contributed by atoms with Crippen LogP contribution in [-0.4, -0.2) is 43.2 Å². The van der Waals surface area contributed by atoms with Crippen LogP contribution in [0.5, 0.6) is 0 Å². The Kier molecular flexibility index (Phi) is 6.51. The fourth-order valence-corrected chi connectivity index (χ4v) is 3.62. The molecule has 4 heteroatoms. The first kappa shape index (κ1) is 19.4. The zero-order valence-electron chi connectivity index (χ0n) is 16.6. The van der Waals surface area contributed by atoms with E-state index in [2.05, 4.69) is 72.2 Å². The van der Waals surface area contributed by atoms with Gasteiger partial charge in [-0.25, -0.2) is 4.79 Å². The van der Waals surface area contributed by atoms with Crippen molar-refractivity contribution in [2.24, 2.45) is 0 Å². The van der Waals surface area contributed by atoms with Crippen molar-refractivity contribution in [3.8, 4) is 0 Å². The predicted molar refractivity (Wildman–Crippen MR) is 110 cm³/mol. The number of anilines is 1. The highest BCUT2D eigenvalue weighted by Crippen LogP contribution is 2.25. The average Bonchev–Trinajstić information content (AvgIpc) is 2.69. The molecule has 1 atom stereocenters. The standard InChI is InChI=1S/C23H30N2O2/c1-4-27-23(26)22-17-24(16-19-8-6-5-7-9-19)14-15-25(22)21-12-10-20(11-13-21)18(2)3/h5-13,18,22H,4,14-17H2,1-3H3. The minimum atomic E-state index is -0.271. The highest BCUT2D eigenvalue weighted by atomic mass is 16.5. The van der Waals surface area contributed by atoms with E-state index in [-0.39, 0.29) is 12.0 Å². The molecule has 0 N–H and O–H groups in total. The molecule has 2 aromatic carbocycles. The Labute approximate surface area is 162 Å². The highest BCUT2D eigenvalue weighted by molar-refractivity contribution is 5.80. The van der Waals surface area contributed by atoms with Crippen molar-refractivity contribution < 1.29 is 9.53 Å². The lowest BCUT2D eigenvalue weighted by molar-refractivity contribution is -0.145. The number of hydrogen-bond acceptors (Lipinski definition) is 4. The van der Waals surface area contributed by atoms with Crippen molar-refractivity contribution in [3.63, 3.8) is 0 Å². The topological polar surface area (TPSA) is 32.8 Å². The first-order chi connectivity index (χ1) is 13.1. The van der Waals surface area contributed by atoms with Crippen LogP contribution < -0.4 is 4.90 Å². The molecule has 1 aliphatic rings. The highest BCUT2D eigenvalue weighted by Gasteiger charge is 2.33. The SMILES string of the molecule is CCOC(=O)C1CN(Cc2ccccc2)CCN1c1ccc(C(C)C)cc1. The van der Waals surface area contributed by atoms with Crippen molar-refractivity contribution >= 4 is 11.7 Å². The van der Waals surface area contributed by atoms with E-state index in [9.17, 15) is 4.79 Å². The Bertz CT molecular complexity index is 728. The number of nitrogens with zero attached hydrogens (tertiary/aromatic N) is 2. The van der Waals surface area contributed by atoms with Crippen LogP contribution in [0, 0.1) is 0 Å². The summed E-state index contributed by atoms with van der Waals surface area (Å²) in [4.78, 5) is 17.2. The summed E-state index contributed by atoms with van der Waals surface area (Å²) in [5.74, 6) is 0.367. The van der Waals surface area contributed by atoms with Crippen molar-refractivity contribution in [1.82, 2.24) is 4.90 Å². The Morgan fingerprint density at radius 2 is 1.78 bits per heavy atom. The van der Waals surface area contributed by atoms with Crippen LogP contribution >= 0.6 is 0 Å². The molecular weight excluding hydrogens is 336 g/mol. The molecular formula is C23H30N2O2. The molecule has 0 aliphatic carbocycles. The van der Waals surface area contributed by atoms with Gasteiger partial charge < -0.3 is 9.64 Å². The van der Waals surface area contributed by atoms with Gasteiger partial charge >= 0.3 is 5.97 Å². The lowest BCUT2D eigenvalue weighted by Gasteiger charge is -2.41. The molecule has 1 fully saturated rings. The summed E-state index contributed by atoms with van der Waals surface area (Å²) in [6.45, 7) is 9.94. The third kappa shape index (κ3) is 4.89. The van der Waals surface area contributed by atoms with Gasteiger partial charge in [0.2, 0.25) is 0 Å². The van der Waals surface area contributed by atoms with E-state index in [1.165, 1.54) is 11.1 Å². The van der Waals surface area contributed by atoms with Gasteiger partial charge in [0.1, 0.15) is 6.04 Å². The van der Waals surface area contributed by atoms with Crippen molar-refractivity contribution in [1.29, 1.82) is 0 Å². The largest absolute Gasteiger partial charge is 0.464 e. The Morgan fingerprint density at radius 3 is 2.41 bits per heavy atom. The number of esters is 1. The summed E-state index contributed by atoms with van der Waals surface area (Å²) in [6, 6.07) is 18.7. The second-order valence-corrected chi connectivity index (χ2v) is 7.43. The van der Waals surface area contributed by atoms with E-state index in [0.717, 1.165) is 25.3 Å². The monoisotopic (exact) mass is 366 g/mol. The Hall–Kier alpha value is -2.33. The number of hydrogen-bond donors (Lipinski definition) is 0.